The van der Waals surface area contributed by atoms with E-state index in [1.165, 1.54) is 7.11 Å². The Labute approximate surface area is 116 Å². The molecule has 102 valence electrons. The third-order valence-electron chi connectivity index (χ3n) is 2.75. The molecule has 1 aliphatic heterocycles. The molecule has 2 unspecified atom stereocenters. The Morgan fingerprint density at radius 1 is 1.58 bits per heavy atom. The molecule has 0 radical (unpaired) electrons. The summed E-state index contributed by atoms with van der Waals surface area (Å²) in [5.74, 6) is 0.193. The second-order valence-corrected chi connectivity index (χ2v) is 4.69. The fraction of sp³-hybridized carbons (Fsp3) is 0.385. The van der Waals surface area contributed by atoms with Crippen molar-refractivity contribution in [3.63, 3.8) is 0 Å². The molecule has 0 fully saturated rings. The molecule has 5 nitrogen and oxygen atoms in total. The van der Waals surface area contributed by atoms with Crippen LogP contribution in [0.15, 0.2) is 29.4 Å². The number of hydrogen-bond donors (Lipinski definition) is 1. The van der Waals surface area contributed by atoms with Crippen LogP contribution in [0.25, 0.3) is 0 Å². The summed E-state index contributed by atoms with van der Waals surface area (Å²) in [7, 11) is 1.46. The number of hydrogen-bond acceptors (Lipinski definition) is 4. The Balaban J connectivity index is 2.10. The highest BCUT2D eigenvalue weighted by molar-refractivity contribution is 6.31. The first-order valence-corrected chi connectivity index (χ1v) is 6.30. The van der Waals surface area contributed by atoms with Crippen LogP contribution < -0.4 is 5.32 Å². The second kappa shape index (κ2) is 6.04. The van der Waals surface area contributed by atoms with E-state index in [0.29, 0.717) is 22.8 Å². The van der Waals surface area contributed by atoms with Crippen LogP contribution in [0, 0.1) is 0 Å². The normalized spacial score (nSPS) is 19.5. The van der Waals surface area contributed by atoms with Crippen molar-refractivity contribution in [2.24, 2.45) is 5.16 Å². The van der Waals surface area contributed by atoms with Crippen LogP contribution in [0.4, 0.5) is 0 Å². The maximum Gasteiger partial charge on any atom is 0.259 e. The van der Waals surface area contributed by atoms with Crippen LogP contribution in [-0.4, -0.2) is 25.0 Å². The monoisotopic (exact) mass is 282 g/mol. The number of amidine groups is 1. The molecule has 1 aromatic rings. The van der Waals surface area contributed by atoms with Gasteiger partial charge in [-0.15, -0.1) is 0 Å². The molecule has 0 spiro atoms. The fourth-order valence-electron chi connectivity index (χ4n) is 1.84. The summed E-state index contributed by atoms with van der Waals surface area (Å²) < 4.78 is 5.22. The van der Waals surface area contributed by atoms with Crippen LogP contribution in [0.5, 0.6) is 0 Å². The van der Waals surface area contributed by atoms with Crippen LogP contribution in [0.1, 0.15) is 25.0 Å². The van der Waals surface area contributed by atoms with Gasteiger partial charge in [0.2, 0.25) is 0 Å². The van der Waals surface area contributed by atoms with Gasteiger partial charge in [0, 0.05) is 24.1 Å². The Morgan fingerprint density at radius 3 is 2.89 bits per heavy atom. The minimum atomic E-state index is -0.771. The van der Waals surface area contributed by atoms with Gasteiger partial charge in [-0.05, 0) is 13.0 Å². The number of ether oxygens (including phenoxy) is 1. The SMILES string of the molecule is COC(C(=O)NC1=NOC(C)C1)c1ccccc1Cl. The van der Waals surface area contributed by atoms with Crippen molar-refractivity contribution >= 4 is 23.3 Å². The molecular formula is C13H15ClN2O3. The van der Waals surface area contributed by atoms with E-state index in [4.69, 9.17) is 21.2 Å². The molecule has 0 aliphatic carbocycles. The van der Waals surface area contributed by atoms with Gasteiger partial charge in [0.25, 0.3) is 5.91 Å². The molecule has 6 heteroatoms. The van der Waals surface area contributed by atoms with E-state index in [-0.39, 0.29) is 12.0 Å². The molecule has 1 heterocycles. The molecule has 2 atom stereocenters. The molecule has 1 aliphatic rings. The van der Waals surface area contributed by atoms with Crippen LogP contribution in [0.3, 0.4) is 0 Å². The molecule has 1 aromatic carbocycles. The van der Waals surface area contributed by atoms with Gasteiger partial charge >= 0.3 is 0 Å². The van der Waals surface area contributed by atoms with E-state index in [2.05, 4.69) is 10.5 Å². The first-order chi connectivity index (χ1) is 9.11. The number of rotatable bonds is 3. The average molecular weight is 283 g/mol. The number of amides is 1. The highest BCUT2D eigenvalue weighted by Crippen LogP contribution is 2.25. The van der Waals surface area contributed by atoms with E-state index in [1.54, 1.807) is 24.3 Å². The van der Waals surface area contributed by atoms with Gasteiger partial charge in [-0.25, -0.2) is 0 Å². The predicted molar refractivity (Wildman–Crippen MR) is 71.9 cm³/mol. The molecular weight excluding hydrogens is 268 g/mol. The van der Waals surface area contributed by atoms with Gasteiger partial charge in [0.15, 0.2) is 11.9 Å². The number of nitrogens with one attached hydrogen (secondary N) is 1. The molecule has 0 bridgehead atoms. The van der Waals surface area contributed by atoms with Gasteiger partial charge in [-0.3, -0.25) is 4.79 Å². The highest BCUT2D eigenvalue weighted by atomic mass is 35.5. The third-order valence-corrected chi connectivity index (χ3v) is 3.10. The van der Waals surface area contributed by atoms with Crippen molar-refractivity contribution in [2.75, 3.05) is 7.11 Å². The minimum absolute atomic E-state index is 0.0170. The molecule has 0 saturated heterocycles. The van der Waals surface area contributed by atoms with Crippen molar-refractivity contribution in [3.05, 3.63) is 34.9 Å². The van der Waals surface area contributed by atoms with Crippen LogP contribution in [0.2, 0.25) is 5.02 Å². The average Bonchev–Trinajstić information content (AvgIpc) is 2.78. The lowest BCUT2D eigenvalue weighted by molar-refractivity contribution is -0.129. The zero-order chi connectivity index (χ0) is 13.8. The summed E-state index contributed by atoms with van der Waals surface area (Å²) >= 11 is 6.07. The predicted octanol–water partition coefficient (Wildman–Crippen LogP) is 2.27. The maximum absolute atomic E-state index is 12.2. The highest BCUT2D eigenvalue weighted by Gasteiger charge is 2.26. The van der Waals surface area contributed by atoms with Crippen molar-refractivity contribution in [3.8, 4) is 0 Å². The van der Waals surface area contributed by atoms with E-state index in [9.17, 15) is 4.79 Å². The minimum Gasteiger partial charge on any atom is -0.391 e. The molecule has 19 heavy (non-hydrogen) atoms. The Bertz CT molecular complexity index is 504. The summed E-state index contributed by atoms with van der Waals surface area (Å²) in [6, 6.07) is 7.08. The van der Waals surface area contributed by atoms with Gasteiger partial charge in [-0.2, -0.15) is 0 Å². The first kappa shape index (κ1) is 13.8. The van der Waals surface area contributed by atoms with Crippen molar-refractivity contribution in [2.45, 2.75) is 25.6 Å². The lowest BCUT2D eigenvalue weighted by Crippen LogP contribution is -2.35. The standard InChI is InChI=1S/C13H15ClN2O3/c1-8-7-11(16-19-8)15-13(17)12(18-2)9-5-3-4-6-10(9)14/h3-6,8,12H,7H2,1-2H3,(H,15,16,17). The molecule has 1 N–H and O–H groups in total. The van der Waals surface area contributed by atoms with Gasteiger partial charge in [0.05, 0.1) is 0 Å². The number of carbonyl (C=O) groups is 1. The molecule has 2 rings (SSSR count). The van der Waals surface area contributed by atoms with Crippen molar-refractivity contribution in [1.82, 2.24) is 5.32 Å². The lowest BCUT2D eigenvalue weighted by atomic mass is 10.1. The number of nitrogens with zero attached hydrogens (tertiary/aromatic N) is 1. The number of oxime groups is 1. The quantitative estimate of drug-likeness (QED) is 0.925. The van der Waals surface area contributed by atoms with Crippen molar-refractivity contribution < 1.29 is 14.4 Å². The van der Waals surface area contributed by atoms with E-state index in [1.807, 2.05) is 6.92 Å². The van der Waals surface area contributed by atoms with Crippen LogP contribution in [-0.2, 0) is 14.4 Å². The largest absolute Gasteiger partial charge is 0.391 e. The lowest BCUT2D eigenvalue weighted by Gasteiger charge is -2.16. The van der Waals surface area contributed by atoms with E-state index >= 15 is 0 Å². The Morgan fingerprint density at radius 2 is 2.32 bits per heavy atom. The molecule has 0 saturated carbocycles. The van der Waals surface area contributed by atoms with Crippen LogP contribution >= 0.6 is 11.6 Å². The zero-order valence-electron chi connectivity index (χ0n) is 10.7. The summed E-state index contributed by atoms with van der Waals surface area (Å²) in [5.41, 5.74) is 0.622. The summed E-state index contributed by atoms with van der Waals surface area (Å²) in [5, 5.41) is 6.96. The van der Waals surface area contributed by atoms with E-state index < -0.39 is 6.10 Å². The number of benzene rings is 1. The third kappa shape index (κ3) is 3.24. The summed E-state index contributed by atoms with van der Waals surface area (Å²) in [6.45, 7) is 1.88. The first-order valence-electron chi connectivity index (χ1n) is 5.92. The molecule has 1 amide bonds. The van der Waals surface area contributed by atoms with Gasteiger partial charge < -0.3 is 14.9 Å². The smallest absolute Gasteiger partial charge is 0.259 e. The molecule has 0 aromatic heterocycles. The van der Waals surface area contributed by atoms with Gasteiger partial charge in [-0.1, -0.05) is 35.0 Å². The Kier molecular flexibility index (Phi) is 4.39. The summed E-state index contributed by atoms with van der Waals surface area (Å²) in [4.78, 5) is 17.2. The van der Waals surface area contributed by atoms with E-state index in [0.717, 1.165) is 0 Å². The number of carbonyl (C=O) groups excluding carboxylic acids is 1. The Hall–Kier alpha value is -1.59. The van der Waals surface area contributed by atoms with Crippen molar-refractivity contribution in [1.29, 1.82) is 0 Å². The maximum atomic E-state index is 12.2. The van der Waals surface area contributed by atoms with Gasteiger partial charge in [0.1, 0.15) is 6.10 Å². The second-order valence-electron chi connectivity index (χ2n) is 4.28. The summed E-state index contributed by atoms with van der Waals surface area (Å²) in [6.07, 6.45) is -0.214. The topological polar surface area (TPSA) is 59.9 Å². The number of halogens is 1. The zero-order valence-corrected chi connectivity index (χ0v) is 11.5. The number of methoxy groups -OCH3 is 1. The fourth-order valence-corrected chi connectivity index (χ4v) is 2.08.